The summed E-state index contributed by atoms with van der Waals surface area (Å²) in [4.78, 5) is 2.24. The first kappa shape index (κ1) is 13.9. The van der Waals surface area contributed by atoms with Crippen molar-refractivity contribution in [2.45, 2.75) is 38.8 Å². The Morgan fingerprint density at radius 2 is 1.93 bits per heavy atom. The Morgan fingerprint density at radius 1 is 1.36 bits per heavy atom. The molecule has 0 aliphatic rings. The summed E-state index contributed by atoms with van der Waals surface area (Å²) >= 11 is 0. The largest absolute Gasteiger partial charge is 0.385 e. The lowest BCUT2D eigenvalue weighted by molar-refractivity contribution is 0.166. The first-order valence-electron chi connectivity index (χ1n) is 5.30. The van der Waals surface area contributed by atoms with Gasteiger partial charge < -0.3 is 15.0 Å². The molecule has 1 unspecified atom stereocenters. The van der Waals surface area contributed by atoms with Gasteiger partial charge in [-0.15, -0.1) is 0 Å². The van der Waals surface area contributed by atoms with Gasteiger partial charge in [-0.2, -0.15) is 0 Å². The van der Waals surface area contributed by atoms with Gasteiger partial charge in [0.15, 0.2) is 0 Å². The predicted molar refractivity (Wildman–Crippen MR) is 61.7 cm³/mol. The molecular formula is C11H26N2O. The summed E-state index contributed by atoms with van der Waals surface area (Å²) in [6.45, 7) is 8.51. The van der Waals surface area contributed by atoms with Crippen LogP contribution in [0.15, 0.2) is 0 Å². The van der Waals surface area contributed by atoms with E-state index in [-0.39, 0.29) is 5.54 Å². The summed E-state index contributed by atoms with van der Waals surface area (Å²) in [7, 11) is 5.97. The average Bonchev–Trinajstić information content (AvgIpc) is 2.11. The number of nitrogens with zero attached hydrogens (tertiary/aromatic N) is 1. The van der Waals surface area contributed by atoms with Gasteiger partial charge in [-0.05, 0) is 41.3 Å². The molecule has 0 saturated heterocycles. The molecule has 0 amide bonds. The fraction of sp³-hybridized carbons (Fsp3) is 1.00. The molecule has 1 atom stereocenters. The Labute approximate surface area is 88.8 Å². The van der Waals surface area contributed by atoms with Crippen molar-refractivity contribution in [2.75, 3.05) is 34.4 Å². The number of methoxy groups -OCH3 is 1. The van der Waals surface area contributed by atoms with Crippen molar-refractivity contribution in [1.82, 2.24) is 10.2 Å². The van der Waals surface area contributed by atoms with Crippen LogP contribution in [0.5, 0.6) is 0 Å². The standard InChI is InChI=1S/C11H26N2O/c1-10(7-8-14-6)12-9-11(2,3)13(4)5/h10,12H,7-9H2,1-6H3. The fourth-order valence-corrected chi connectivity index (χ4v) is 0.979. The molecule has 14 heavy (non-hydrogen) atoms. The zero-order valence-electron chi connectivity index (χ0n) is 10.6. The highest BCUT2D eigenvalue weighted by atomic mass is 16.5. The monoisotopic (exact) mass is 202 g/mol. The molecule has 1 N–H and O–H groups in total. The molecule has 0 aromatic carbocycles. The van der Waals surface area contributed by atoms with Crippen molar-refractivity contribution in [3.63, 3.8) is 0 Å². The molecule has 3 heteroatoms. The lowest BCUT2D eigenvalue weighted by Crippen LogP contribution is -2.48. The van der Waals surface area contributed by atoms with E-state index in [9.17, 15) is 0 Å². The molecule has 0 saturated carbocycles. The van der Waals surface area contributed by atoms with Gasteiger partial charge in [-0.3, -0.25) is 0 Å². The Balaban J connectivity index is 3.70. The molecule has 0 aliphatic heterocycles. The van der Waals surface area contributed by atoms with Crippen LogP contribution < -0.4 is 5.32 Å². The van der Waals surface area contributed by atoms with Gasteiger partial charge in [0.1, 0.15) is 0 Å². The zero-order valence-corrected chi connectivity index (χ0v) is 10.6. The fourth-order valence-electron chi connectivity index (χ4n) is 0.979. The van der Waals surface area contributed by atoms with Crippen molar-refractivity contribution < 1.29 is 4.74 Å². The molecule has 0 radical (unpaired) electrons. The van der Waals surface area contributed by atoms with Gasteiger partial charge in [-0.1, -0.05) is 0 Å². The summed E-state index contributed by atoms with van der Waals surface area (Å²) < 4.78 is 5.04. The van der Waals surface area contributed by atoms with E-state index in [1.54, 1.807) is 7.11 Å². The van der Waals surface area contributed by atoms with Crippen molar-refractivity contribution in [1.29, 1.82) is 0 Å². The second kappa shape index (κ2) is 6.38. The first-order chi connectivity index (χ1) is 6.40. The van der Waals surface area contributed by atoms with Crippen molar-refractivity contribution >= 4 is 0 Å². The van der Waals surface area contributed by atoms with Crippen LogP contribution in [0.25, 0.3) is 0 Å². The van der Waals surface area contributed by atoms with E-state index >= 15 is 0 Å². The van der Waals surface area contributed by atoms with Crippen molar-refractivity contribution in [3.8, 4) is 0 Å². The number of rotatable bonds is 7. The topological polar surface area (TPSA) is 24.5 Å². The molecule has 0 spiro atoms. The average molecular weight is 202 g/mol. The van der Waals surface area contributed by atoms with Crippen LogP contribution in [0.3, 0.4) is 0 Å². The van der Waals surface area contributed by atoms with Gasteiger partial charge in [-0.25, -0.2) is 0 Å². The normalized spacial score (nSPS) is 14.8. The highest BCUT2D eigenvalue weighted by Gasteiger charge is 2.20. The molecule has 0 rings (SSSR count). The summed E-state index contributed by atoms with van der Waals surface area (Å²) in [6.07, 6.45) is 1.07. The van der Waals surface area contributed by atoms with Crippen LogP contribution in [0.2, 0.25) is 0 Å². The van der Waals surface area contributed by atoms with Crippen LogP contribution >= 0.6 is 0 Å². The first-order valence-corrected chi connectivity index (χ1v) is 5.30. The van der Waals surface area contributed by atoms with Crippen molar-refractivity contribution in [2.24, 2.45) is 0 Å². The minimum Gasteiger partial charge on any atom is -0.385 e. The van der Waals surface area contributed by atoms with Crippen molar-refractivity contribution in [3.05, 3.63) is 0 Å². The van der Waals surface area contributed by atoms with Gasteiger partial charge in [0.05, 0.1) is 0 Å². The third-order valence-corrected chi connectivity index (χ3v) is 2.85. The molecule has 0 aromatic heterocycles. The van der Waals surface area contributed by atoms with Gasteiger partial charge >= 0.3 is 0 Å². The van der Waals surface area contributed by atoms with Gasteiger partial charge in [0.2, 0.25) is 0 Å². The quantitative estimate of drug-likeness (QED) is 0.674. The number of ether oxygens (including phenoxy) is 1. The minimum absolute atomic E-state index is 0.210. The highest BCUT2D eigenvalue weighted by Crippen LogP contribution is 2.08. The molecule has 0 bridgehead atoms. The van der Waals surface area contributed by atoms with Crippen LogP contribution in [0.1, 0.15) is 27.2 Å². The molecule has 86 valence electrons. The predicted octanol–water partition coefficient (Wildman–Crippen LogP) is 1.34. The molecule has 0 aliphatic carbocycles. The highest BCUT2D eigenvalue weighted by molar-refractivity contribution is 4.80. The van der Waals surface area contributed by atoms with E-state index in [1.807, 2.05) is 0 Å². The third-order valence-electron chi connectivity index (χ3n) is 2.85. The summed E-state index contributed by atoms with van der Waals surface area (Å²) in [5.41, 5.74) is 0.210. The third kappa shape index (κ3) is 5.58. The SMILES string of the molecule is COCCC(C)NCC(C)(C)N(C)C. The zero-order chi connectivity index (χ0) is 11.2. The van der Waals surface area contributed by atoms with Gasteiger partial charge in [0.25, 0.3) is 0 Å². The molecule has 0 aromatic rings. The lowest BCUT2D eigenvalue weighted by atomic mass is 10.0. The molecule has 0 fully saturated rings. The van der Waals surface area contributed by atoms with E-state index in [4.69, 9.17) is 4.74 Å². The van der Waals surface area contributed by atoms with E-state index in [0.29, 0.717) is 6.04 Å². The summed E-state index contributed by atoms with van der Waals surface area (Å²) in [5, 5.41) is 3.52. The molecule has 3 nitrogen and oxygen atoms in total. The maximum atomic E-state index is 5.04. The van der Waals surface area contributed by atoms with E-state index in [0.717, 1.165) is 19.6 Å². The summed E-state index contributed by atoms with van der Waals surface area (Å²) in [5.74, 6) is 0. The Morgan fingerprint density at radius 3 is 2.36 bits per heavy atom. The number of hydrogen-bond acceptors (Lipinski definition) is 3. The molecular weight excluding hydrogens is 176 g/mol. The van der Waals surface area contributed by atoms with Crippen LogP contribution in [-0.4, -0.2) is 50.8 Å². The van der Waals surface area contributed by atoms with E-state index in [2.05, 4.69) is 45.1 Å². The minimum atomic E-state index is 0.210. The van der Waals surface area contributed by atoms with E-state index in [1.165, 1.54) is 0 Å². The number of likely N-dealkylation sites (N-methyl/N-ethyl adjacent to an activating group) is 1. The maximum Gasteiger partial charge on any atom is 0.0476 e. The van der Waals surface area contributed by atoms with Crippen LogP contribution in [-0.2, 0) is 4.74 Å². The second-order valence-corrected chi connectivity index (χ2v) is 4.77. The molecule has 0 heterocycles. The Kier molecular flexibility index (Phi) is 6.33. The Bertz CT molecular complexity index is 146. The van der Waals surface area contributed by atoms with Crippen LogP contribution in [0.4, 0.5) is 0 Å². The summed E-state index contributed by atoms with van der Waals surface area (Å²) in [6, 6.07) is 0.522. The van der Waals surface area contributed by atoms with Crippen LogP contribution in [0, 0.1) is 0 Å². The lowest BCUT2D eigenvalue weighted by Gasteiger charge is -2.34. The number of nitrogens with one attached hydrogen (secondary N) is 1. The Hall–Kier alpha value is -0.120. The maximum absolute atomic E-state index is 5.04. The van der Waals surface area contributed by atoms with Gasteiger partial charge in [0, 0.05) is 31.8 Å². The smallest absolute Gasteiger partial charge is 0.0476 e. The second-order valence-electron chi connectivity index (χ2n) is 4.77. The van der Waals surface area contributed by atoms with E-state index < -0.39 is 0 Å². The number of hydrogen-bond donors (Lipinski definition) is 1.